The van der Waals surface area contributed by atoms with Crippen molar-refractivity contribution >= 4 is 12.0 Å². The molecule has 0 aromatic heterocycles. The standard InChI is InChI=1S/C12H13NO/c14-10-11-6-2-3-7-12(11)13-8-4-1-5-9-13/h1-4,6-7,10H,5,8-9H2. The normalized spacial score (nSPS) is 15.6. The number of para-hydroxylation sites is 1. The van der Waals surface area contributed by atoms with E-state index in [1.165, 1.54) is 0 Å². The lowest BCUT2D eigenvalue weighted by Crippen LogP contribution is -2.27. The quantitative estimate of drug-likeness (QED) is 0.523. The molecule has 72 valence electrons. The molecule has 0 aliphatic carbocycles. The number of benzene rings is 1. The molecule has 1 aliphatic rings. The van der Waals surface area contributed by atoms with E-state index in [0.717, 1.165) is 37.0 Å². The van der Waals surface area contributed by atoms with E-state index in [-0.39, 0.29) is 0 Å². The van der Waals surface area contributed by atoms with Crippen LogP contribution in [0.3, 0.4) is 0 Å². The van der Waals surface area contributed by atoms with Gasteiger partial charge < -0.3 is 4.90 Å². The molecule has 1 aliphatic heterocycles. The molecular formula is C12H13NO. The van der Waals surface area contributed by atoms with E-state index in [1.54, 1.807) is 0 Å². The Kier molecular flexibility index (Phi) is 2.63. The minimum Gasteiger partial charge on any atom is -0.367 e. The Labute approximate surface area is 83.8 Å². The molecule has 0 fully saturated rings. The molecule has 0 amide bonds. The van der Waals surface area contributed by atoms with Gasteiger partial charge in [-0.25, -0.2) is 0 Å². The second-order valence-corrected chi connectivity index (χ2v) is 3.38. The first-order valence-corrected chi connectivity index (χ1v) is 4.86. The van der Waals surface area contributed by atoms with Gasteiger partial charge in [0, 0.05) is 24.3 Å². The topological polar surface area (TPSA) is 20.3 Å². The highest BCUT2D eigenvalue weighted by atomic mass is 16.1. The summed E-state index contributed by atoms with van der Waals surface area (Å²) in [6, 6.07) is 7.73. The van der Waals surface area contributed by atoms with Gasteiger partial charge in [0.1, 0.15) is 0 Å². The summed E-state index contributed by atoms with van der Waals surface area (Å²) in [6.45, 7) is 1.91. The Morgan fingerprint density at radius 1 is 1.21 bits per heavy atom. The number of aldehydes is 1. The van der Waals surface area contributed by atoms with Crippen molar-refractivity contribution < 1.29 is 4.79 Å². The van der Waals surface area contributed by atoms with E-state index in [2.05, 4.69) is 17.1 Å². The van der Waals surface area contributed by atoms with Crippen LogP contribution in [0.25, 0.3) is 0 Å². The molecule has 0 spiro atoms. The van der Waals surface area contributed by atoms with Crippen LogP contribution in [0, 0.1) is 0 Å². The van der Waals surface area contributed by atoms with Crippen molar-refractivity contribution in [2.75, 3.05) is 18.0 Å². The predicted molar refractivity (Wildman–Crippen MR) is 57.8 cm³/mol. The number of hydrogen-bond acceptors (Lipinski definition) is 2. The van der Waals surface area contributed by atoms with Gasteiger partial charge in [-0.05, 0) is 18.6 Å². The van der Waals surface area contributed by atoms with E-state index in [4.69, 9.17) is 0 Å². The summed E-state index contributed by atoms with van der Waals surface area (Å²) >= 11 is 0. The molecule has 2 heteroatoms. The molecular weight excluding hydrogens is 174 g/mol. The Morgan fingerprint density at radius 2 is 2.07 bits per heavy atom. The van der Waals surface area contributed by atoms with E-state index in [9.17, 15) is 4.79 Å². The fourth-order valence-corrected chi connectivity index (χ4v) is 1.74. The predicted octanol–water partition coefficient (Wildman–Crippen LogP) is 2.27. The van der Waals surface area contributed by atoms with Crippen LogP contribution < -0.4 is 4.90 Å². The summed E-state index contributed by atoms with van der Waals surface area (Å²) in [6.07, 6.45) is 6.31. The van der Waals surface area contributed by atoms with Crippen LogP contribution in [0.4, 0.5) is 5.69 Å². The van der Waals surface area contributed by atoms with Crippen molar-refractivity contribution in [3.63, 3.8) is 0 Å². The second kappa shape index (κ2) is 4.09. The summed E-state index contributed by atoms with van der Waals surface area (Å²) in [4.78, 5) is 13.1. The monoisotopic (exact) mass is 187 g/mol. The highest BCUT2D eigenvalue weighted by Gasteiger charge is 2.10. The summed E-state index contributed by atoms with van der Waals surface area (Å²) in [5.41, 5.74) is 1.83. The Hall–Kier alpha value is -1.57. The molecule has 0 saturated heterocycles. The third kappa shape index (κ3) is 1.69. The first-order chi connectivity index (χ1) is 6.92. The molecule has 0 saturated carbocycles. The van der Waals surface area contributed by atoms with Crippen LogP contribution in [0.1, 0.15) is 16.8 Å². The molecule has 1 heterocycles. The number of nitrogens with zero attached hydrogens (tertiary/aromatic N) is 1. The molecule has 14 heavy (non-hydrogen) atoms. The Balaban J connectivity index is 2.30. The van der Waals surface area contributed by atoms with Gasteiger partial charge in [-0.2, -0.15) is 0 Å². The molecule has 1 aromatic carbocycles. The van der Waals surface area contributed by atoms with Gasteiger partial charge in [0.05, 0.1) is 0 Å². The summed E-state index contributed by atoms with van der Waals surface area (Å²) in [5, 5.41) is 0. The van der Waals surface area contributed by atoms with Gasteiger partial charge in [-0.3, -0.25) is 4.79 Å². The van der Waals surface area contributed by atoms with E-state index in [1.807, 2.05) is 24.3 Å². The molecule has 0 N–H and O–H groups in total. The zero-order valence-corrected chi connectivity index (χ0v) is 8.02. The minimum atomic E-state index is 0.780. The lowest BCUT2D eigenvalue weighted by Gasteiger charge is -2.26. The molecule has 2 rings (SSSR count). The van der Waals surface area contributed by atoms with E-state index < -0.39 is 0 Å². The first kappa shape index (κ1) is 9.00. The number of rotatable bonds is 2. The highest BCUT2D eigenvalue weighted by Crippen LogP contribution is 2.20. The van der Waals surface area contributed by atoms with E-state index in [0.29, 0.717) is 0 Å². The maximum Gasteiger partial charge on any atom is 0.152 e. The van der Waals surface area contributed by atoms with Crippen LogP contribution >= 0.6 is 0 Å². The average molecular weight is 187 g/mol. The van der Waals surface area contributed by atoms with Crippen molar-refractivity contribution in [3.05, 3.63) is 42.0 Å². The lowest BCUT2D eigenvalue weighted by atomic mass is 10.1. The maximum absolute atomic E-state index is 10.8. The largest absolute Gasteiger partial charge is 0.367 e. The fraction of sp³-hybridized carbons (Fsp3) is 0.250. The molecule has 1 aromatic rings. The van der Waals surface area contributed by atoms with Crippen molar-refractivity contribution in [2.45, 2.75) is 6.42 Å². The lowest BCUT2D eigenvalue weighted by molar-refractivity contribution is 0.112. The van der Waals surface area contributed by atoms with Crippen LogP contribution in [-0.2, 0) is 0 Å². The zero-order chi connectivity index (χ0) is 9.80. The fourth-order valence-electron chi connectivity index (χ4n) is 1.74. The second-order valence-electron chi connectivity index (χ2n) is 3.38. The number of anilines is 1. The SMILES string of the molecule is O=Cc1ccccc1N1CC=CCC1. The van der Waals surface area contributed by atoms with Gasteiger partial charge in [-0.1, -0.05) is 24.3 Å². The summed E-state index contributed by atoms with van der Waals surface area (Å²) < 4.78 is 0. The Bertz CT molecular complexity index is 357. The molecule has 0 unspecified atom stereocenters. The summed E-state index contributed by atoms with van der Waals surface area (Å²) in [7, 11) is 0. The first-order valence-electron chi connectivity index (χ1n) is 4.86. The zero-order valence-electron chi connectivity index (χ0n) is 8.02. The number of carbonyl (C=O) groups is 1. The van der Waals surface area contributed by atoms with Crippen LogP contribution in [0.15, 0.2) is 36.4 Å². The van der Waals surface area contributed by atoms with E-state index >= 15 is 0 Å². The molecule has 2 nitrogen and oxygen atoms in total. The van der Waals surface area contributed by atoms with Crippen molar-refractivity contribution in [1.29, 1.82) is 0 Å². The summed E-state index contributed by atoms with van der Waals surface area (Å²) in [5.74, 6) is 0. The van der Waals surface area contributed by atoms with Crippen LogP contribution in [0.2, 0.25) is 0 Å². The molecule has 0 atom stereocenters. The average Bonchev–Trinajstić information content (AvgIpc) is 2.30. The molecule has 0 bridgehead atoms. The van der Waals surface area contributed by atoms with Crippen molar-refractivity contribution in [2.24, 2.45) is 0 Å². The third-order valence-corrected chi connectivity index (χ3v) is 2.46. The molecule has 0 radical (unpaired) electrons. The van der Waals surface area contributed by atoms with Crippen LogP contribution in [0.5, 0.6) is 0 Å². The van der Waals surface area contributed by atoms with Gasteiger partial charge >= 0.3 is 0 Å². The third-order valence-electron chi connectivity index (χ3n) is 2.46. The number of hydrogen-bond donors (Lipinski definition) is 0. The maximum atomic E-state index is 10.8. The van der Waals surface area contributed by atoms with Gasteiger partial charge in [0.25, 0.3) is 0 Å². The van der Waals surface area contributed by atoms with Gasteiger partial charge in [0.2, 0.25) is 0 Å². The van der Waals surface area contributed by atoms with Crippen molar-refractivity contribution in [1.82, 2.24) is 0 Å². The van der Waals surface area contributed by atoms with Gasteiger partial charge in [0.15, 0.2) is 6.29 Å². The number of carbonyl (C=O) groups excluding carboxylic acids is 1. The Morgan fingerprint density at radius 3 is 2.79 bits per heavy atom. The van der Waals surface area contributed by atoms with Crippen molar-refractivity contribution in [3.8, 4) is 0 Å². The van der Waals surface area contributed by atoms with Crippen LogP contribution in [-0.4, -0.2) is 19.4 Å². The highest BCUT2D eigenvalue weighted by molar-refractivity contribution is 5.84. The minimum absolute atomic E-state index is 0.780. The van der Waals surface area contributed by atoms with Gasteiger partial charge in [-0.15, -0.1) is 0 Å². The smallest absolute Gasteiger partial charge is 0.152 e.